The molecule has 0 atom stereocenters. The molecule has 0 fully saturated rings. The summed E-state index contributed by atoms with van der Waals surface area (Å²) >= 11 is 5.61. The van der Waals surface area contributed by atoms with Crippen molar-refractivity contribution in [3.63, 3.8) is 0 Å². The Kier molecular flexibility index (Phi) is 4.52. The van der Waals surface area contributed by atoms with Crippen molar-refractivity contribution in [2.75, 3.05) is 13.6 Å². The molecule has 0 spiro atoms. The third kappa shape index (κ3) is 2.78. The van der Waals surface area contributed by atoms with Crippen molar-refractivity contribution in [2.45, 2.75) is 24.6 Å². The van der Waals surface area contributed by atoms with Crippen LogP contribution in [0.15, 0.2) is 17.0 Å². The van der Waals surface area contributed by atoms with Gasteiger partial charge in [0.25, 0.3) is 0 Å². The van der Waals surface area contributed by atoms with Crippen LogP contribution in [0.3, 0.4) is 0 Å². The number of hydrogen-bond donors (Lipinski definition) is 0. The van der Waals surface area contributed by atoms with Crippen LogP contribution in [0.5, 0.6) is 0 Å². The second-order valence-electron chi connectivity index (χ2n) is 3.75. The quantitative estimate of drug-likeness (QED) is 0.794. The van der Waals surface area contributed by atoms with Crippen LogP contribution in [0.25, 0.3) is 0 Å². The summed E-state index contributed by atoms with van der Waals surface area (Å²) in [6.07, 6.45) is 0. The zero-order valence-corrected chi connectivity index (χ0v) is 11.6. The van der Waals surface area contributed by atoms with Crippen molar-refractivity contribution in [1.82, 2.24) is 4.31 Å². The van der Waals surface area contributed by atoms with Gasteiger partial charge in [-0.15, -0.1) is 11.6 Å². The molecule has 1 aromatic rings. The van der Waals surface area contributed by atoms with E-state index in [0.29, 0.717) is 12.1 Å². The SMILES string of the molecule is CCN(C)S(=O)(=O)c1cc(CCl)cc(F)c1C. The van der Waals surface area contributed by atoms with E-state index >= 15 is 0 Å². The standard InChI is InChI=1S/C11H15ClFNO2S/c1-4-14(3)17(15,16)11-6-9(7-12)5-10(13)8(11)2/h5-6H,4,7H2,1-3H3. The third-order valence-electron chi connectivity index (χ3n) is 2.64. The van der Waals surface area contributed by atoms with Crippen molar-refractivity contribution in [3.8, 4) is 0 Å². The van der Waals surface area contributed by atoms with Crippen molar-refractivity contribution in [2.24, 2.45) is 0 Å². The zero-order chi connectivity index (χ0) is 13.2. The second-order valence-corrected chi connectivity index (χ2v) is 6.03. The summed E-state index contributed by atoms with van der Waals surface area (Å²) in [5, 5.41) is 0. The fourth-order valence-electron chi connectivity index (χ4n) is 1.39. The van der Waals surface area contributed by atoms with Crippen LogP contribution in [-0.2, 0) is 15.9 Å². The lowest BCUT2D eigenvalue weighted by molar-refractivity contribution is 0.484. The van der Waals surface area contributed by atoms with Crippen LogP contribution in [0.1, 0.15) is 18.1 Å². The highest BCUT2D eigenvalue weighted by Gasteiger charge is 2.23. The van der Waals surface area contributed by atoms with Gasteiger partial charge < -0.3 is 0 Å². The first kappa shape index (κ1) is 14.4. The molecule has 0 bridgehead atoms. The van der Waals surface area contributed by atoms with E-state index < -0.39 is 15.8 Å². The Morgan fingerprint density at radius 3 is 2.47 bits per heavy atom. The largest absolute Gasteiger partial charge is 0.243 e. The first-order valence-electron chi connectivity index (χ1n) is 5.16. The summed E-state index contributed by atoms with van der Waals surface area (Å²) in [7, 11) is -2.18. The maximum Gasteiger partial charge on any atom is 0.243 e. The third-order valence-corrected chi connectivity index (χ3v) is 5.01. The maximum absolute atomic E-state index is 13.6. The molecule has 0 saturated heterocycles. The fourth-order valence-corrected chi connectivity index (χ4v) is 3.00. The van der Waals surface area contributed by atoms with Crippen molar-refractivity contribution >= 4 is 21.6 Å². The highest BCUT2D eigenvalue weighted by atomic mass is 35.5. The lowest BCUT2D eigenvalue weighted by Crippen LogP contribution is -2.27. The molecule has 3 nitrogen and oxygen atoms in total. The Morgan fingerprint density at radius 1 is 1.41 bits per heavy atom. The van der Waals surface area contributed by atoms with Gasteiger partial charge in [-0.25, -0.2) is 17.1 Å². The highest BCUT2D eigenvalue weighted by Crippen LogP contribution is 2.23. The van der Waals surface area contributed by atoms with Crippen LogP contribution in [0, 0.1) is 12.7 Å². The molecule has 0 aliphatic carbocycles. The van der Waals surface area contributed by atoms with Crippen molar-refractivity contribution in [1.29, 1.82) is 0 Å². The maximum atomic E-state index is 13.6. The predicted octanol–water partition coefficient (Wildman–Crippen LogP) is 2.51. The average molecular weight is 280 g/mol. The number of hydrogen-bond acceptors (Lipinski definition) is 2. The Bertz CT molecular complexity index is 516. The molecule has 0 aliphatic heterocycles. The number of rotatable bonds is 4. The van der Waals surface area contributed by atoms with Gasteiger partial charge in [0.15, 0.2) is 0 Å². The summed E-state index contributed by atoms with van der Waals surface area (Å²) < 4.78 is 39.0. The van der Waals surface area contributed by atoms with E-state index in [1.54, 1.807) is 6.92 Å². The summed E-state index contributed by atoms with van der Waals surface area (Å²) in [6.45, 7) is 3.49. The molecular formula is C11H15ClFNO2S. The van der Waals surface area contributed by atoms with E-state index in [0.717, 1.165) is 0 Å². The summed E-state index contributed by atoms with van der Waals surface area (Å²) in [6, 6.07) is 2.68. The van der Waals surface area contributed by atoms with Crippen LogP contribution in [0.2, 0.25) is 0 Å². The van der Waals surface area contributed by atoms with E-state index in [-0.39, 0.29) is 16.3 Å². The summed E-state index contributed by atoms with van der Waals surface area (Å²) in [5.74, 6) is -0.471. The van der Waals surface area contributed by atoms with Gasteiger partial charge in [0.1, 0.15) is 5.82 Å². The van der Waals surface area contributed by atoms with E-state index in [4.69, 9.17) is 11.6 Å². The van der Waals surface area contributed by atoms with Gasteiger partial charge in [-0.2, -0.15) is 0 Å². The van der Waals surface area contributed by atoms with Gasteiger partial charge >= 0.3 is 0 Å². The molecule has 0 radical (unpaired) electrons. The number of nitrogens with zero attached hydrogens (tertiary/aromatic N) is 1. The molecule has 1 rings (SSSR count). The molecule has 0 aromatic heterocycles. The van der Waals surface area contributed by atoms with Crippen molar-refractivity contribution in [3.05, 3.63) is 29.1 Å². The smallest absolute Gasteiger partial charge is 0.207 e. The minimum absolute atomic E-state index is 0.0162. The minimum atomic E-state index is -3.64. The molecule has 6 heteroatoms. The lowest BCUT2D eigenvalue weighted by atomic mass is 10.1. The fraction of sp³-hybridized carbons (Fsp3) is 0.455. The molecule has 17 heavy (non-hydrogen) atoms. The average Bonchev–Trinajstić information content (AvgIpc) is 2.30. The van der Waals surface area contributed by atoms with Crippen LogP contribution in [0.4, 0.5) is 4.39 Å². The van der Waals surface area contributed by atoms with Gasteiger partial charge in [0, 0.05) is 25.0 Å². The number of halogens is 2. The summed E-state index contributed by atoms with van der Waals surface area (Å²) in [4.78, 5) is -0.0162. The molecule has 0 aliphatic rings. The van der Waals surface area contributed by atoms with Gasteiger partial charge in [-0.05, 0) is 24.6 Å². The molecule has 96 valence electrons. The Labute approximate surface area is 106 Å². The normalized spacial score (nSPS) is 12.1. The van der Waals surface area contributed by atoms with Gasteiger partial charge in [-0.1, -0.05) is 6.92 Å². The lowest BCUT2D eigenvalue weighted by Gasteiger charge is -2.17. The summed E-state index contributed by atoms with van der Waals surface area (Å²) in [5.41, 5.74) is 0.581. The van der Waals surface area contributed by atoms with Crippen LogP contribution >= 0.6 is 11.6 Å². The van der Waals surface area contributed by atoms with E-state index in [9.17, 15) is 12.8 Å². The first-order valence-corrected chi connectivity index (χ1v) is 7.13. The molecule has 0 heterocycles. The van der Waals surface area contributed by atoms with Crippen LogP contribution < -0.4 is 0 Å². The molecule has 0 amide bonds. The van der Waals surface area contributed by atoms with E-state index in [2.05, 4.69) is 0 Å². The zero-order valence-electron chi connectivity index (χ0n) is 10.00. The number of sulfonamides is 1. The molecule has 1 aromatic carbocycles. The number of benzene rings is 1. The van der Waals surface area contributed by atoms with Gasteiger partial charge in [0.05, 0.1) is 4.90 Å². The van der Waals surface area contributed by atoms with E-state index in [1.165, 1.54) is 30.4 Å². The second kappa shape index (κ2) is 5.33. The number of alkyl halides is 1. The van der Waals surface area contributed by atoms with Crippen LogP contribution in [-0.4, -0.2) is 26.3 Å². The Morgan fingerprint density at radius 2 is 2.00 bits per heavy atom. The Balaban J connectivity index is 3.45. The monoisotopic (exact) mass is 279 g/mol. The molecular weight excluding hydrogens is 265 g/mol. The van der Waals surface area contributed by atoms with Gasteiger partial charge in [0.2, 0.25) is 10.0 Å². The Hall–Kier alpha value is -0.650. The molecule has 0 saturated carbocycles. The minimum Gasteiger partial charge on any atom is -0.207 e. The highest BCUT2D eigenvalue weighted by molar-refractivity contribution is 7.89. The predicted molar refractivity (Wildman–Crippen MR) is 66.2 cm³/mol. The van der Waals surface area contributed by atoms with E-state index in [1.807, 2.05) is 0 Å². The van der Waals surface area contributed by atoms with Crippen molar-refractivity contribution < 1.29 is 12.8 Å². The molecule has 0 N–H and O–H groups in total. The topological polar surface area (TPSA) is 37.4 Å². The van der Waals surface area contributed by atoms with Gasteiger partial charge in [-0.3, -0.25) is 0 Å². The molecule has 0 unspecified atom stereocenters. The first-order chi connectivity index (χ1) is 7.84.